The van der Waals surface area contributed by atoms with E-state index in [2.05, 4.69) is 20.0 Å². The first kappa shape index (κ1) is 15.5. The van der Waals surface area contributed by atoms with Gasteiger partial charge in [-0.05, 0) is 6.92 Å². The zero-order valence-corrected chi connectivity index (χ0v) is 12.3. The van der Waals surface area contributed by atoms with Gasteiger partial charge in [-0.1, -0.05) is 32.4 Å². The molecule has 0 unspecified atom stereocenters. The van der Waals surface area contributed by atoms with Crippen LogP contribution in [0.15, 0.2) is 0 Å². The van der Waals surface area contributed by atoms with Crippen molar-refractivity contribution in [2.75, 3.05) is 18.5 Å². The number of ether oxygens (including phenoxy) is 1. The van der Waals surface area contributed by atoms with Gasteiger partial charge in [0.15, 0.2) is 0 Å². The number of carbonyl (C=O) groups is 1. The number of primary amides is 1. The van der Waals surface area contributed by atoms with Crippen molar-refractivity contribution in [1.82, 2.24) is 9.97 Å². The Morgan fingerprint density at radius 3 is 2.58 bits per heavy atom. The Labute approximate surface area is 117 Å². The number of amides is 1. The van der Waals surface area contributed by atoms with Crippen LogP contribution in [-0.2, 0) is 10.2 Å². The van der Waals surface area contributed by atoms with Crippen LogP contribution in [0.5, 0.6) is 0 Å². The van der Waals surface area contributed by atoms with Crippen LogP contribution in [0.4, 0.5) is 10.6 Å². The molecule has 1 heterocycles. The van der Waals surface area contributed by atoms with Gasteiger partial charge in [-0.25, -0.2) is 14.8 Å². The molecule has 3 N–H and O–H groups in total. The number of nitrogens with zero attached hydrogens (tertiary/aromatic N) is 2. The van der Waals surface area contributed by atoms with Crippen molar-refractivity contribution in [2.24, 2.45) is 5.73 Å². The highest BCUT2D eigenvalue weighted by Gasteiger charge is 2.20. The maximum Gasteiger partial charge on any atom is 0.404 e. The van der Waals surface area contributed by atoms with Gasteiger partial charge in [-0.3, -0.25) is 0 Å². The van der Waals surface area contributed by atoms with Gasteiger partial charge in [-0.2, -0.15) is 0 Å². The third-order valence-corrected chi connectivity index (χ3v) is 2.76. The molecule has 0 aliphatic heterocycles. The van der Waals surface area contributed by atoms with E-state index < -0.39 is 6.09 Å². The smallest absolute Gasteiger partial charge is 0.404 e. The molecule has 0 bridgehead atoms. The molecule has 0 aliphatic carbocycles. The van der Waals surface area contributed by atoms with Gasteiger partial charge >= 0.3 is 6.09 Å². The van der Waals surface area contributed by atoms with Gasteiger partial charge in [0.1, 0.15) is 23.4 Å². The number of aromatic nitrogens is 2. The number of halogens is 1. The second-order valence-corrected chi connectivity index (χ2v) is 5.51. The van der Waals surface area contributed by atoms with Crippen LogP contribution in [0.3, 0.4) is 0 Å². The Hall–Kier alpha value is -1.56. The first-order chi connectivity index (χ1) is 8.71. The third-order valence-electron chi connectivity index (χ3n) is 2.40. The fourth-order valence-electron chi connectivity index (χ4n) is 1.32. The Kier molecular flexibility index (Phi) is 4.94. The predicted molar refractivity (Wildman–Crippen MR) is 74.5 cm³/mol. The van der Waals surface area contributed by atoms with E-state index in [0.717, 1.165) is 5.56 Å². The summed E-state index contributed by atoms with van der Waals surface area (Å²) in [6.07, 6.45) is -0.797. The van der Waals surface area contributed by atoms with Crippen molar-refractivity contribution >= 4 is 23.5 Å². The second-order valence-electron chi connectivity index (χ2n) is 5.16. The predicted octanol–water partition coefficient (Wildman–Crippen LogP) is 2.24. The molecule has 0 aliphatic rings. The van der Waals surface area contributed by atoms with Gasteiger partial charge in [0.05, 0.1) is 6.54 Å². The topological polar surface area (TPSA) is 90.1 Å². The minimum atomic E-state index is -0.797. The first-order valence-electron chi connectivity index (χ1n) is 5.92. The highest BCUT2D eigenvalue weighted by molar-refractivity contribution is 6.30. The number of hydrogen-bond acceptors (Lipinski definition) is 5. The summed E-state index contributed by atoms with van der Waals surface area (Å²) in [7, 11) is 0. The van der Waals surface area contributed by atoms with Gasteiger partial charge < -0.3 is 15.8 Å². The molecule has 0 saturated carbocycles. The van der Waals surface area contributed by atoms with E-state index in [0.29, 0.717) is 23.3 Å². The monoisotopic (exact) mass is 286 g/mol. The van der Waals surface area contributed by atoms with E-state index in [4.69, 9.17) is 17.3 Å². The lowest BCUT2D eigenvalue weighted by atomic mass is 9.95. The summed E-state index contributed by atoms with van der Waals surface area (Å²) in [5, 5.41) is 3.47. The van der Waals surface area contributed by atoms with Crippen molar-refractivity contribution in [2.45, 2.75) is 33.1 Å². The molecule has 0 radical (unpaired) electrons. The van der Waals surface area contributed by atoms with Crippen LogP contribution in [-0.4, -0.2) is 29.2 Å². The van der Waals surface area contributed by atoms with Crippen molar-refractivity contribution in [3.63, 3.8) is 0 Å². The normalized spacial score (nSPS) is 11.2. The maximum atomic E-state index is 10.4. The summed E-state index contributed by atoms with van der Waals surface area (Å²) >= 11 is 6.09. The van der Waals surface area contributed by atoms with E-state index in [9.17, 15) is 4.79 Å². The summed E-state index contributed by atoms with van der Waals surface area (Å²) < 4.78 is 4.63. The number of rotatable bonds is 4. The van der Waals surface area contributed by atoms with Crippen LogP contribution < -0.4 is 11.1 Å². The SMILES string of the molecule is Cc1c(Cl)nc(C(C)(C)C)nc1NCCOC(N)=O. The van der Waals surface area contributed by atoms with Gasteiger partial charge in [0, 0.05) is 11.0 Å². The fraction of sp³-hybridized carbons (Fsp3) is 0.583. The van der Waals surface area contributed by atoms with Crippen LogP contribution in [0.25, 0.3) is 0 Å². The zero-order chi connectivity index (χ0) is 14.6. The Morgan fingerprint density at radius 1 is 1.42 bits per heavy atom. The molecule has 0 aromatic carbocycles. The molecule has 19 heavy (non-hydrogen) atoms. The lowest BCUT2D eigenvalue weighted by Crippen LogP contribution is -2.21. The summed E-state index contributed by atoms with van der Waals surface area (Å²) in [5.74, 6) is 1.29. The maximum absolute atomic E-state index is 10.4. The van der Waals surface area contributed by atoms with E-state index in [1.807, 2.05) is 27.7 Å². The van der Waals surface area contributed by atoms with E-state index in [-0.39, 0.29) is 12.0 Å². The molecular weight excluding hydrogens is 268 g/mol. The van der Waals surface area contributed by atoms with Crippen molar-refractivity contribution in [3.05, 3.63) is 16.5 Å². The first-order valence-corrected chi connectivity index (χ1v) is 6.30. The van der Waals surface area contributed by atoms with Gasteiger partial charge in [0.25, 0.3) is 0 Å². The third kappa shape index (κ3) is 4.55. The molecule has 1 amide bonds. The fourth-order valence-corrected chi connectivity index (χ4v) is 1.49. The molecule has 0 atom stereocenters. The van der Waals surface area contributed by atoms with Gasteiger partial charge in [-0.15, -0.1) is 0 Å². The number of carbonyl (C=O) groups excluding carboxylic acids is 1. The van der Waals surface area contributed by atoms with Crippen LogP contribution >= 0.6 is 11.6 Å². The Balaban J connectivity index is 2.82. The highest BCUT2D eigenvalue weighted by atomic mass is 35.5. The summed E-state index contributed by atoms with van der Waals surface area (Å²) in [6.45, 7) is 8.42. The van der Waals surface area contributed by atoms with Crippen molar-refractivity contribution in [1.29, 1.82) is 0 Å². The molecule has 1 aromatic heterocycles. The second kappa shape index (κ2) is 6.06. The molecule has 106 valence electrons. The lowest BCUT2D eigenvalue weighted by molar-refractivity contribution is 0.161. The van der Waals surface area contributed by atoms with E-state index >= 15 is 0 Å². The molecule has 0 saturated heterocycles. The van der Waals surface area contributed by atoms with Crippen LogP contribution in [0.1, 0.15) is 32.2 Å². The molecular formula is C12H19ClN4O2. The minimum Gasteiger partial charge on any atom is -0.448 e. The van der Waals surface area contributed by atoms with Crippen molar-refractivity contribution in [3.8, 4) is 0 Å². The van der Waals surface area contributed by atoms with E-state index in [1.165, 1.54) is 0 Å². The van der Waals surface area contributed by atoms with Gasteiger partial charge in [0.2, 0.25) is 0 Å². The molecule has 1 rings (SSSR count). The number of anilines is 1. The number of hydrogen-bond donors (Lipinski definition) is 2. The standard InChI is InChI=1S/C12H19ClN4O2/c1-7-8(13)16-10(12(2,3)4)17-9(7)15-5-6-19-11(14)18/h5-6H2,1-4H3,(H2,14,18)(H,15,16,17). The van der Waals surface area contributed by atoms with Crippen molar-refractivity contribution < 1.29 is 9.53 Å². The quantitative estimate of drug-likeness (QED) is 0.654. The molecule has 0 fully saturated rings. The molecule has 6 nitrogen and oxygen atoms in total. The highest BCUT2D eigenvalue weighted by Crippen LogP contribution is 2.25. The Bertz CT molecular complexity index is 472. The zero-order valence-electron chi connectivity index (χ0n) is 11.6. The van der Waals surface area contributed by atoms with E-state index in [1.54, 1.807) is 0 Å². The van der Waals surface area contributed by atoms with Crippen LogP contribution in [0, 0.1) is 6.92 Å². The average molecular weight is 287 g/mol. The van der Waals surface area contributed by atoms with Crippen LogP contribution in [0.2, 0.25) is 5.15 Å². The Morgan fingerprint density at radius 2 is 2.05 bits per heavy atom. The molecule has 7 heteroatoms. The minimum absolute atomic E-state index is 0.168. The molecule has 0 spiro atoms. The summed E-state index contributed by atoms with van der Waals surface area (Å²) in [5.41, 5.74) is 5.43. The molecule has 1 aromatic rings. The average Bonchev–Trinajstić information content (AvgIpc) is 2.27. The summed E-state index contributed by atoms with van der Waals surface area (Å²) in [4.78, 5) is 19.2. The largest absolute Gasteiger partial charge is 0.448 e. The summed E-state index contributed by atoms with van der Waals surface area (Å²) in [6, 6.07) is 0. The number of nitrogens with two attached hydrogens (primary N) is 1. The lowest BCUT2D eigenvalue weighted by Gasteiger charge is -2.19. The number of nitrogens with one attached hydrogen (secondary N) is 1.